The van der Waals surface area contributed by atoms with Gasteiger partial charge in [-0.25, -0.2) is 0 Å². The average Bonchev–Trinajstić information content (AvgIpc) is 2.61. The Kier molecular flexibility index (Phi) is 2.76. The number of benzene rings is 1. The predicted octanol–water partition coefficient (Wildman–Crippen LogP) is 4.55. The van der Waals surface area contributed by atoms with Crippen LogP contribution in [0, 0.1) is 0 Å². The number of rotatable bonds is 2. The average molecular weight is 225 g/mol. The first-order chi connectivity index (χ1) is 8.40. The zero-order chi connectivity index (χ0) is 11.7. The molecule has 88 valence electrons. The summed E-state index contributed by atoms with van der Waals surface area (Å²) >= 11 is 0. The minimum atomic E-state index is 0.682. The quantitative estimate of drug-likeness (QED) is 0.721. The molecule has 1 heterocycles. The van der Waals surface area contributed by atoms with Gasteiger partial charge in [0.1, 0.15) is 0 Å². The maximum absolute atomic E-state index is 3.65. The molecule has 1 aliphatic rings. The van der Waals surface area contributed by atoms with E-state index in [-0.39, 0.29) is 0 Å². The second-order valence-corrected chi connectivity index (χ2v) is 4.96. The van der Waals surface area contributed by atoms with Crippen molar-refractivity contribution in [1.29, 1.82) is 0 Å². The third-order valence-electron chi connectivity index (χ3n) is 3.80. The molecular weight excluding hydrogens is 206 g/mol. The number of allylic oxidation sites excluding steroid dienone is 2. The van der Waals surface area contributed by atoms with E-state index in [9.17, 15) is 0 Å². The van der Waals surface area contributed by atoms with Gasteiger partial charge in [0.2, 0.25) is 0 Å². The van der Waals surface area contributed by atoms with Crippen molar-refractivity contribution in [3.8, 4) is 0 Å². The molecule has 1 unspecified atom stereocenters. The summed E-state index contributed by atoms with van der Waals surface area (Å²) in [7, 11) is 0. The SMILES string of the molecule is CCCC1CC=CCc2c1[nH]c1ccccc21. The van der Waals surface area contributed by atoms with Crippen molar-refractivity contribution in [1.82, 2.24) is 4.98 Å². The zero-order valence-corrected chi connectivity index (χ0v) is 10.4. The lowest BCUT2D eigenvalue weighted by Crippen LogP contribution is -1.99. The van der Waals surface area contributed by atoms with Crippen LogP contribution in [0.3, 0.4) is 0 Å². The monoisotopic (exact) mass is 225 g/mol. The van der Waals surface area contributed by atoms with Gasteiger partial charge in [-0.15, -0.1) is 0 Å². The summed E-state index contributed by atoms with van der Waals surface area (Å²) in [6, 6.07) is 8.69. The summed E-state index contributed by atoms with van der Waals surface area (Å²) in [4.78, 5) is 3.65. The van der Waals surface area contributed by atoms with Gasteiger partial charge in [0.05, 0.1) is 0 Å². The molecule has 1 aliphatic carbocycles. The highest BCUT2D eigenvalue weighted by molar-refractivity contribution is 5.85. The molecule has 0 aliphatic heterocycles. The molecule has 0 saturated heterocycles. The van der Waals surface area contributed by atoms with Crippen molar-refractivity contribution in [2.24, 2.45) is 0 Å². The molecule has 0 fully saturated rings. The Balaban J connectivity index is 2.16. The fourth-order valence-electron chi connectivity index (χ4n) is 2.98. The van der Waals surface area contributed by atoms with E-state index < -0.39 is 0 Å². The molecule has 0 saturated carbocycles. The summed E-state index contributed by atoms with van der Waals surface area (Å²) in [6.07, 6.45) is 9.49. The van der Waals surface area contributed by atoms with Gasteiger partial charge >= 0.3 is 0 Å². The molecule has 1 aromatic carbocycles. The zero-order valence-electron chi connectivity index (χ0n) is 10.4. The molecule has 0 amide bonds. The van der Waals surface area contributed by atoms with Crippen molar-refractivity contribution >= 4 is 10.9 Å². The molecule has 2 aromatic rings. The number of fused-ring (bicyclic) bond motifs is 3. The predicted molar refractivity (Wildman–Crippen MR) is 73.4 cm³/mol. The third-order valence-corrected chi connectivity index (χ3v) is 3.80. The van der Waals surface area contributed by atoms with Crippen molar-refractivity contribution in [2.45, 2.75) is 38.5 Å². The van der Waals surface area contributed by atoms with E-state index in [2.05, 4.69) is 48.3 Å². The molecule has 1 aromatic heterocycles. The molecule has 0 spiro atoms. The lowest BCUT2D eigenvalue weighted by Gasteiger charge is -2.12. The molecule has 1 N–H and O–H groups in total. The number of hydrogen-bond donors (Lipinski definition) is 1. The first-order valence-electron chi connectivity index (χ1n) is 6.64. The Morgan fingerprint density at radius 3 is 3.00 bits per heavy atom. The second-order valence-electron chi connectivity index (χ2n) is 4.96. The normalized spacial score (nSPS) is 19.2. The summed E-state index contributed by atoms with van der Waals surface area (Å²) in [5.74, 6) is 0.682. The topological polar surface area (TPSA) is 15.8 Å². The van der Waals surface area contributed by atoms with Gasteiger partial charge in [-0.2, -0.15) is 0 Å². The number of aromatic nitrogens is 1. The minimum Gasteiger partial charge on any atom is -0.358 e. The van der Waals surface area contributed by atoms with Crippen LogP contribution in [0.4, 0.5) is 0 Å². The van der Waals surface area contributed by atoms with E-state index in [4.69, 9.17) is 0 Å². The second kappa shape index (κ2) is 4.40. The molecule has 1 atom stereocenters. The number of nitrogens with one attached hydrogen (secondary N) is 1. The highest BCUT2D eigenvalue weighted by Crippen LogP contribution is 2.34. The van der Waals surface area contributed by atoms with Gasteiger partial charge < -0.3 is 4.98 Å². The van der Waals surface area contributed by atoms with Gasteiger partial charge in [0.25, 0.3) is 0 Å². The number of H-pyrrole nitrogens is 1. The molecule has 0 bridgehead atoms. The van der Waals surface area contributed by atoms with Crippen LogP contribution >= 0.6 is 0 Å². The van der Waals surface area contributed by atoms with Crippen LogP contribution in [0.5, 0.6) is 0 Å². The van der Waals surface area contributed by atoms with Gasteiger partial charge in [-0.3, -0.25) is 0 Å². The highest BCUT2D eigenvalue weighted by Gasteiger charge is 2.19. The van der Waals surface area contributed by atoms with Gasteiger partial charge in [-0.05, 0) is 30.9 Å². The largest absolute Gasteiger partial charge is 0.358 e. The number of para-hydroxylation sites is 1. The fraction of sp³-hybridized carbons (Fsp3) is 0.375. The van der Waals surface area contributed by atoms with Crippen molar-refractivity contribution in [2.75, 3.05) is 0 Å². The van der Waals surface area contributed by atoms with Crippen LogP contribution in [-0.4, -0.2) is 4.98 Å². The van der Waals surface area contributed by atoms with Crippen LogP contribution in [0.15, 0.2) is 36.4 Å². The molecule has 1 heteroatoms. The Morgan fingerprint density at radius 2 is 2.12 bits per heavy atom. The lowest BCUT2D eigenvalue weighted by molar-refractivity contribution is 0.609. The lowest BCUT2D eigenvalue weighted by atomic mass is 9.94. The standard InChI is InChI=1S/C16H19N/c1-2-7-12-8-3-4-10-14-13-9-5-6-11-15(13)17-16(12)14/h3-6,9,11-12,17H,2,7-8,10H2,1H3. The van der Waals surface area contributed by atoms with Crippen LogP contribution < -0.4 is 0 Å². The summed E-state index contributed by atoms with van der Waals surface area (Å²) in [5, 5.41) is 1.41. The van der Waals surface area contributed by atoms with Crippen LogP contribution in [-0.2, 0) is 6.42 Å². The van der Waals surface area contributed by atoms with E-state index in [1.54, 1.807) is 0 Å². The van der Waals surface area contributed by atoms with E-state index in [1.165, 1.54) is 41.4 Å². The Labute approximate surface area is 103 Å². The molecule has 1 nitrogen and oxygen atoms in total. The number of hydrogen-bond acceptors (Lipinski definition) is 0. The van der Waals surface area contributed by atoms with Gasteiger partial charge in [0, 0.05) is 22.5 Å². The molecular formula is C16H19N. The van der Waals surface area contributed by atoms with E-state index >= 15 is 0 Å². The first kappa shape index (κ1) is 10.6. The Hall–Kier alpha value is -1.50. The summed E-state index contributed by atoms with van der Waals surface area (Å²) in [5.41, 5.74) is 4.31. The van der Waals surface area contributed by atoms with E-state index in [1.807, 2.05) is 0 Å². The van der Waals surface area contributed by atoms with Gasteiger partial charge in [-0.1, -0.05) is 43.7 Å². The third kappa shape index (κ3) is 1.80. The van der Waals surface area contributed by atoms with Crippen LogP contribution in [0.2, 0.25) is 0 Å². The Bertz CT molecular complexity index is 548. The van der Waals surface area contributed by atoms with Crippen LogP contribution in [0.25, 0.3) is 10.9 Å². The highest BCUT2D eigenvalue weighted by atomic mass is 14.7. The van der Waals surface area contributed by atoms with Crippen LogP contribution in [0.1, 0.15) is 43.4 Å². The maximum Gasteiger partial charge on any atom is 0.0459 e. The van der Waals surface area contributed by atoms with E-state index in [0.717, 1.165) is 6.42 Å². The van der Waals surface area contributed by atoms with Crippen molar-refractivity contribution < 1.29 is 0 Å². The fourth-order valence-corrected chi connectivity index (χ4v) is 2.98. The summed E-state index contributed by atoms with van der Waals surface area (Å²) in [6.45, 7) is 2.27. The number of aromatic amines is 1. The van der Waals surface area contributed by atoms with E-state index in [0.29, 0.717) is 5.92 Å². The van der Waals surface area contributed by atoms with Gasteiger partial charge in [0.15, 0.2) is 0 Å². The minimum absolute atomic E-state index is 0.682. The first-order valence-corrected chi connectivity index (χ1v) is 6.64. The van der Waals surface area contributed by atoms with Crippen molar-refractivity contribution in [3.63, 3.8) is 0 Å². The Morgan fingerprint density at radius 1 is 1.24 bits per heavy atom. The maximum atomic E-state index is 3.65. The molecule has 17 heavy (non-hydrogen) atoms. The smallest absolute Gasteiger partial charge is 0.0459 e. The molecule has 0 radical (unpaired) electrons. The van der Waals surface area contributed by atoms with Crippen molar-refractivity contribution in [3.05, 3.63) is 47.7 Å². The summed E-state index contributed by atoms with van der Waals surface area (Å²) < 4.78 is 0. The molecule has 3 rings (SSSR count).